The Hall–Kier alpha value is -2.21. The van der Waals surface area contributed by atoms with E-state index in [-0.39, 0.29) is 23.7 Å². The van der Waals surface area contributed by atoms with Gasteiger partial charge in [-0.25, -0.2) is 0 Å². The smallest absolute Gasteiger partial charge is 0.292 e. The summed E-state index contributed by atoms with van der Waals surface area (Å²) in [7, 11) is 0. The first-order chi connectivity index (χ1) is 11.6. The second-order valence-electron chi connectivity index (χ2n) is 6.41. The zero-order valence-corrected chi connectivity index (χ0v) is 14.1. The zero-order chi connectivity index (χ0) is 16.9. The summed E-state index contributed by atoms with van der Waals surface area (Å²) in [5.74, 6) is 0.320. The maximum absolute atomic E-state index is 12.9. The molecule has 1 unspecified atom stereocenters. The molecule has 0 saturated carbocycles. The molecule has 3 rings (SSSR count). The highest BCUT2D eigenvalue weighted by Gasteiger charge is 2.26. The molecule has 0 bridgehead atoms. The zero-order valence-electron chi connectivity index (χ0n) is 14.1. The predicted octanol–water partition coefficient (Wildman–Crippen LogP) is 3.01. The van der Waals surface area contributed by atoms with E-state index in [1.807, 2.05) is 32.0 Å². The van der Waals surface area contributed by atoms with Crippen LogP contribution >= 0.6 is 0 Å². The van der Waals surface area contributed by atoms with Crippen molar-refractivity contribution in [3.8, 4) is 0 Å². The van der Waals surface area contributed by atoms with Crippen molar-refractivity contribution >= 4 is 5.91 Å². The first-order valence-corrected chi connectivity index (χ1v) is 8.41. The van der Waals surface area contributed by atoms with Gasteiger partial charge in [0.15, 0.2) is 0 Å². The van der Waals surface area contributed by atoms with Crippen molar-refractivity contribution in [3.63, 3.8) is 0 Å². The summed E-state index contributed by atoms with van der Waals surface area (Å²) in [4.78, 5) is 18.9. The third-order valence-corrected chi connectivity index (χ3v) is 4.14. The molecule has 0 aromatic carbocycles. The normalized spacial score (nSPS) is 17.4. The second-order valence-corrected chi connectivity index (χ2v) is 6.41. The quantitative estimate of drug-likeness (QED) is 0.815. The molecule has 0 radical (unpaired) electrons. The molecule has 6 heteroatoms. The maximum atomic E-state index is 12.9. The van der Waals surface area contributed by atoms with Gasteiger partial charge in [-0.15, -0.1) is 0 Å². The van der Waals surface area contributed by atoms with Gasteiger partial charge < -0.3 is 14.2 Å². The van der Waals surface area contributed by atoms with Crippen molar-refractivity contribution in [2.75, 3.05) is 13.2 Å². The Balaban J connectivity index is 1.77. The van der Waals surface area contributed by atoms with E-state index in [2.05, 4.69) is 10.1 Å². The van der Waals surface area contributed by atoms with Crippen molar-refractivity contribution in [3.05, 3.63) is 47.6 Å². The minimum Gasteiger partial charge on any atom is -0.376 e. The van der Waals surface area contributed by atoms with Gasteiger partial charge in [-0.1, -0.05) is 25.1 Å². The average molecular weight is 329 g/mol. The average Bonchev–Trinajstić information content (AvgIpc) is 3.26. The number of nitrogens with zero attached hydrogens (tertiary/aromatic N) is 3. The summed E-state index contributed by atoms with van der Waals surface area (Å²) >= 11 is 0. The van der Waals surface area contributed by atoms with Crippen LogP contribution in [0.1, 0.15) is 54.5 Å². The number of carbonyl (C=O) groups excluding carboxylic acids is 1. The first kappa shape index (κ1) is 16.6. The van der Waals surface area contributed by atoms with E-state index in [4.69, 9.17) is 9.26 Å². The lowest BCUT2D eigenvalue weighted by Gasteiger charge is -2.24. The minimum atomic E-state index is -0.171. The Kier molecular flexibility index (Phi) is 5.25. The van der Waals surface area contributed by atoms with Gasteiger partial charge >= 0.3 is 0 Å². The van der Waals surface area contributed by atoms with Crippen LogP contribution < -0.4 is 0 Å². The molecule has 0 spiro atoms. The van der Waals surface area contributed by atoms with Crippen LogP contribution in [-0.4, -0.2) is 40.2 Å². The van der Waals surface area contributed by atoms with E-state index in [1.165, 1.54) is 0 Å². The number of carbonyl (C=O) groups is 1. The molecule has 1 fully saturated rings. The fourth-order valence-corrected chi connectivity index (χ4v) is 2.76. The maximum Gasteiger partial charge on any atom is 0.292 e. The molecule has 1 saturated heterocycles. The first-order valence-electron chi connectivity index (χ1n) is 8.41. The van der Waals surface area contributed by atoms with Gasteiger partial charge in [-0.3, -0.25) is 9.78 Å². The Labute approximate surface area is 141 Å². The number of rotatable bonds is 6. The van der Waals surface area contributed by atoms with Crippen LogP contribution in [0.4, 0.5) is 0 Å². The SMILES string of the molecule is CC(C)c1cc(C(=O)N(Cc2ccccn2)CC2CCCO2)on1. The lowest BCUT2D eigenvalue weighted by Crippen LogP contribution is -2.37. The highest BCUT2D eigenvalue weighted by Crippen LogP contribution is 2.19. The van der Waals surface area contributed by atoms with Crippen molar-refractivity contribution < 1.29 is 14.1 Å². The van der Waals surface area contributed by atoms with Crippen LogP contribution in [0, 0.1) is 0 Å². The number of amides is 1. The number of aromatic nitrogens is 2. The second kappa shape index (κ2) is 7.57. The highest BCUT2D eigenvalue weighted by molar-refractivity contribution is 5.91. The van der Waals surface area contributed by atoms with Gasteiger partial charge in [-0.05, 0) is 30.9 Å². The van der Waals surface area contributed by atoms with Crippen LogP contribution in [0.2, 0.25) is 0 Å². The molecule has 6 nitrogen and oxygen atoms in total. The Morgan fingerprint density at radius 3 is 2.92 bits per heavy atom. The Morgan fingerprint density at radius 1 is 1.42 bits per heavy atom. The monoisotopic (exact) mass is 329 g/mol. The van der Waals surface area contributed by atoms with Crippen LogP contribution in [-0.2, 0) is 11.3 Å². The molecule has 0 N–H and O–H groups in total. The van der Waals surface area contributed by atoms with Crippen molar-refractivity contribution in [2.45, 2.75) is 45.3 Å². The predicted molar refractivity (Wildman–Crippen MR) is 88.5 cm³/mol. The molecular weight excluding hydrogens is 306 g/mol. The van der Waals surface area contributed by atoms with E-state index in [0.717, 1.165) is 30.8 Å². The molecule has 1 atom stereocenters. The highest BCUT2D eigenvalue weighted by atomic mass is 16.5. The molecule has 2 aromatic rings. The molecule has 3 heterocycles. The van der Waals surface area contributed by atoms with E-state index >= 15 is 0 Å². The van der Waals surface area contributed by atoms with E-state index in [1.54, 1.807) is 17.2 Å². The summed E-state index contributed by atoms with van der Waals surface area (Å²) in [6.07, 6.45) is 3.82. The third kappa shape index (κ3) is 4.00. The van der Waals surface area contributed by atoms with Gasteiger partial charge in [0.1, 0.15) is 0 Å². The lowest BCUT2D eigenvalue weighted by molar-refractivity contribution is 0.0474. The van der Waals surface area contributed by atoms with E-state index in [0.29, 0.717) is 13.1 Å². The van der Waals surface area contributed by atoms with E-state index < -0.39 is 0 Å². The molecule has 0 aliphatic carbocycles. The number of pyridine rings is 1. The summed E-state index contributed by atoms with van der Waals surface area (Å²) in [5.41, 5.74) is 1.63. The molecule has 1 aliphatic rings. The summed E-state index contributed by atoms with van der Waals surface area (Å²) in [6.45, 7) is 5.76. The van der Waals surface area contributed by atoms with Gasteiger partial charge in [0, 0.05) is 25.4 Å². The van der Waals surface area contributed by atoms with Crippen molar-refractivity contribution in [2.24, 2.45) is 0 Å². The lowest BCUT2D eigenvalue weighted by atomic mass is 10.1. The Morgan fingerprint density at radius 2 is 2.29 bits per heavy atom. The summed E-state index contributed by atoms with van der Waals surface area (Å²) < 4.78 is 11.0. The van der Waals surface area contributed by atoms with Crippen molar-refractivity contribution in [1.82, 2.24) is 15.0 Å². The molecule has 24 heavy (non-hydrogen) atoms. The topological polar surface area (TPSA) is 68.5 Å². The molecule has 1 aliphatic heterocycles. The molecule has 128 valence electrons. The largest absolute Gasteiger partial charge is 0.376 e. The number of ether oxygens (including phenoxy) is 1. The molecular formula is C18H23N3O3. The summed E-state index contributed by atoms with van der Waals surface area (Å²) in [6, 6.07) is 7.42. The molecule has 2 aromatic heterocycles. The number of hydrogen-bond donors (Lipinski definition) is 0. The van der Waals surface area contributed by atoms with E-state index in [9.17, 15) is 4.79 Å². The van der Waals surface area contributed by atoms with Crippen molar-refractivity contribution in [1.29, 1.82) is 0 Å². The fraction of sp³-hybridized carbons (Fsp3) is 0.500. The van der Waals surface area contributed by atoms with Crippen LogP contribution in [0.25, 0.3) is 0 Å². The van der Waals surface area contributed by atoms with Crippen LogP contribution in [0.5, 0.6) is 0 Å². The standard InChI is InChI=1S/C18H23N3O3/c1-13(2)16-10-17(24-20-16)18(22)21(12-15-7-5-9-23-15)11-14-6-3-4-8-19-14/h3-4,6,8,10,13,15H,5,7,9,11-12H2,1-2H3. The number of hydrogen-bond acceptors (Lipinski definition) is 5. The van der Waals surface area contributed by atoms with Gasteiger partial charge in [0.05, 0.1) is 24.0 Å². The van der Waals surface area contributed by atoms with Gasteiger partial charge in [-0.2, -0.15) is 0 Å². The van der Waals surface area contributed by atoms with Gasteiger partial charge in [0.25, 0.3) is 5.91 Å². The van der Waals surface area contributed by atoms with Crippen LogP contribution in [0.3, 0.4) is 0 Å². The van der Waals surface area contributed by atoms with Crippen LogP contribution in [0.15, 0.2) is 35.0 Å². The minimum absolute atomic E-state index is 0.0742. The fourth-order valence-electron chi connectivity index (χ4n) is 2.76. The summed E-state index contributed by atoms with van der Waals surface area (Å²) in [5, 5.41) is 3.99. The third-order valence-electron chi connectivity index (χ3n) is 4.14. The Bertz CT molecular complexity index is 663. The van der Waals surface area contributed by atoms with Gasteiger partial charge in [0.2, 0.25) is 5.76 Å². The molecule has 1 amide bonds.